The molecule has 112 valence electrons. The molecule has 2 unspecified atom stereocenters. The second-order valence-electron chi connectivity index (χ2n) is 5.27. The van der Waals surface area contributed by atoms with Crippen LogP contribution in [0.4, 0.5) is 5.69 Å². The first kappa shape index (κ1) is 15.3. The molecule has 1 aromatic rings. The van der Waals surface area contributed by atoms with Gasteiger partial charge in [0.1, 0.15) is 0 Å². The van der Waals surface area contributed by atoms with Crippen LogP contribution in [0.1, 0.15) is 26.7 Å². The molecule has 1 heterocycles. The van der Waals surface area contributed by atoms with E-state index in [-0.39, 0.29) is 4.90 Å². The minimum absolute atomic E-state index is 0.163. The molecule has 1 aromatic carbocycles. The normalized spacial score (nSPS) is 23.9. The summed E-state index contributed by atoms with van der Waals surface area (Å²) in [6.07, 6.45) is 2.14. The van der Waals surface area contributed by atoms with Gasteiger partial charge in [-0.05, 0) is 37.1 Å². The Bertz CT molecular complexity index is 542. The molecule has 0 radical (unpaired) electrons. The van der Waals surface area contributed by atoms with Crippen LogP contribution < -0.4 is 15.4 Å². The topological polar surface area (TPSA) is 75.4 Å². The molecule has 3 N–H and O–H groups in total. The first-order valence-electron chi connectivity index (χ1n) is 7.08. The summed E-state index contributed by atoms with van der Waals surface area (Å²) in [6.45, 7) is 6.26. The van der Waals surface area contributed by atoms with Crippen molar-refractivity contribution in [2.24, 2.45) is 5.14 Å². The van der Waals surface area contributed by atoms with Gasteiger partial charge in [0.15, 0.2) is 0 Å². The van der Waals surface area contributed by atoms with Crippen LogP contribution in [-0.4, -0.2) is 33.6 Å². The van der Waals surface area contributed by atoms with Gasteiger partial charge in [0.2, 0.25) is 10.0 Å². The van der Waals surface area contributed by atoms with Crippen molar-refractivity contribution < 1.29 is 8.42 Å². The molecule has 0 amide bonds. The Morgan fingerprint density at radius 1 is 1.25 bits per heavy atom. The number of benzene rings is 1. The minimum Gasteiger partial charge on any atom is -0.366 e. The van der Waals surface area contributed by atoms with E-state index in [9.17, 15) is 8.42 Å². The van der Waals surface area contributed by atoms with Crippen LogP contribution in [0.15, 0.2) is 29.2 Å². The van der Waals surface area contributed by atoms with E-state index in [0.717, 1.165) is 31.6 Å². The summed E-state index contributed by atoms with van der Waals surface area (Å²) in [4.78, 5) is 2.52. The number of sulfonamides is 1. The van der Waals surface area contributed by atoms with E-state index >= 15 is 0 Å². The quantitative estimate of drug-likeness (QED) is 0.878. The lowest BCUT2D eigenvalue weighted by Crippen LogP contribution is -2.56. The predicted molar refractivity (Wildman–Crippen MR) is 81.3 cm³/mol. The molecule has 20 heavy (non-hydrogen) atoms. The molecule has 1 aliphatic heterocycles. The maximum atomic E-state index is 11.3. The molecule has 6 heteroatoms. The smallest absolute Gasteiger partial charge is 0.238 e. The van der Waals surface area contributed by atoms with Crippen LogP contribution in [0.5, 0.6) is 0 Å². The van der Waals surface area contributed by atoms with Gasteiger partial charge >= 0.3 is 0 Å². The van der Waals surface area contributed by atoms with Gasteiger partial charge < -0.3 is 10.2 Å². The molecule has 1 fully saturated rings. The van der Waals surface area contributed by atoms with Crippen molar-refractivity contribution in [2.45, 2.75) is 43.7 Å². The monoisotopic (exact) mass is 297 g/mol. The second-order valence-corrected chi connectivity index (χ2v) is 6.83. The maximum Gasteiger partial charge on any atom is 0.238 e. The largest absolute Gasteiger partial charge is 0.366 e. The average molecular weight is 297 g/mol. The van der Waals surface area contributed by atoms with Crippen LogP contribution in [0.25, 0.3) is 0 Å². The molecule has 1 saturated heterocycles. The predicted octanol–water partition coefficient (Wildman–Crippen LogP) is 1.30. The third-order valence-corrected chi connectivity index (χ3v) is 4.89. The van der Waals surface area contributed by atoms with Crippen molar-refractivity contribution in [1.82, 2.24) is 5.32 Å². The highest BCUT2D eigenvalue weighted by atomic mass is 32.2. The molecule has 1 aliphatic rings. The van der Waals surface area contributed by atoms with Gasteiger partial charge in [-0.2, -0.15) is 0 Å². The van der Waals surface area contributed by atoms with Gasteiger partial charge in [-0.15, -0.1) is 0 Å². The Morgan fingerprint density at radius 2 is 1.90 bits per heavy atom. The number of nitrogens with two attached hydrogens (primary N) is 1. The van der Waals surface area contributed by atoms with Gasteiger partial charge in [-0.25, -0.2) is 13.6 Å². The third kappa shape index (κ3) is 3.31. The number of rotatable bonds is 4. The fourth-order valence-corrected chi connectivity index (χ4v) is 3.16. The summed E-state index contributed by atoms with van der Waals surface area (Å²) in [5, 5.41) is 8.68. The number of primary sulfonamides is 1. The van der Waals surface area contributed by atoms with E-state index in [1.54, 1.807) is 12.1 Å². The van der Waals surface area contributed by atoms with Crippen LogP contribution >= 0.6 is 0 Å². The summed E-state index contributed by atoms with van der Waals surface area (Å²) in [5.74, 6) is 0. The summed E-state index contributed by atoms with van der Waals surface area (Å²) in [5.41, 5.74) is 1.06. The summed E-state index contributed by atoms with van der Waals surface area (Å²) in [7, 11) is -3.62. The van der Waals surface area contributed by atoms with Crippen molar-refractivity contribution in [2.75, 3.05) is 18.0 Å². The fraction of sp³-hybridized carbons (Fsp3) is 0.571. The van der Waals surface area contributed by atoms with Gasteiger partial charge in [0, 0.05) is 30.9 Å². The number of nitrogens with zero attached hydrogens (tertiary/aromatic N) is 1. The SMILES string of the molecule is CCC1CN(c2ccc(S(N)(=O)=O)cc2)C(CC)CN1. The van der Waals surface area contributed by atoms with Crippen LogP contribution in [0, 0.1) is 0 Å². The molecule has 5 nitrogen and oxygen atoms in total. The first-order valence-corrected chi connectivity index (χ1v) is 8.63. The van der Waals surface area contributed by atoms with Gasteiger partial charge in [-0.3, -0.25) is 0 Å². The highest BCUT2D eigenvalue weighted by Gasteiger charge is 2.26. The summed E-state index contributed by atoms with van der Waals surface area (Å²) < 4.78 is 22.6. The maximum absolute atomic E-state index is 11.3. The highest BCUT2D eigenvalue weighted by molar-refractivity contribution is 7.89. The van der Waals surface area contributed by atoms with Gasteiger partial charge in [-0.1, -0.05) is 13.8 Å². The molecule has 0 aromatic heterocycles. The van der Waals surface area contributed by atoms with E-state index in [2.05, 4.69) is 24.1 Å². The zero-order valence-electron chi connectivity index (χ0n) is 12.0. The molecular formula is C14H23N3O2S. The van der Waals surface area contributed by atoms with Gasteiger partial charge in [0.05, 0.1) is 4.90 Å². The Morgan fingerprint density at radius 3 is 2.40 bits per heavy atom. The molecule has 0 bridgehead atoms. The minimum atomic E-state index is -3.62. The molecule has 0 spiro atoms. The number of hydrogen-bond donors (Lipinski definition) is 2. The van der Waals surface area contributed by atoms with Crippen molar-refractivity contribution in [1.29, 1.82) is 0 Å². The average Bonchev–Trinajstić information content (AvgIpc) is 2.45. The van der Waals surface area contributed by atoms with E-state index in [0.29, 0.717) is 12.1 Å². The number of nitrogens with one attached hydrogen (secondary N) is 1. The standard InChI is InChI=1S/C14H23N3O2S/c1-3-11-10-17(12(4-2)9-16-11)13-5-7-14(8-6-13)20(15,18)19/h5-8,11-12,16H,3-4,9-10H2,1-2H3,(H2,15,18,19). The van der Waals surface area contributed by atoms with Crippen molar-refractivity contribution >= 4 is 15.7 Å². The molecule has 2 rings (SSSR count). The summed E-state index contributed by atoms with van der Waals surface area (Å²) >= 11 is 0. The van der Waals surface area contributed by atoms with Crippen LogP contribution in [0.3, 0.4) is 0 Å². The summed E-state index contributed by atoms with van der Waals surface area (Å²) in [6, 6.07) is 7.79. The highest BCUT2D eigenvalue weighted by Crippen LogP contribution is 2.23. The van der Waals surface area contributed by atoms with E-state index in [1.165, 1.54) is 0 Å². The third-order valence-electron chi connectivity index (χ3n) is 3.96. The molecular weight excluding hydrogens is 274 g/mol. The lowest BCUT2D eigenvalue weighted by Gasteiger charge is -2.41. The first-order chi connectivity index (χ1) is 9.45. The molecule has 2 atom stereocenters. The Kier molecular flexibility index (Phi) is 4.67. The Balaban J connectivity index is 2.23. The van der Waals surface area contributed by atoms with E-state index < -0.39 is 10.0 Å². The van der Waals surface area contributed by atoms with E-state index in [4.69, 9.17) is 5.14 Å². The zero-order chi connectivity index (χ0) is 14.8. The lowest BCUT2D eigenvalue weighted by molar-refractivity contribution is 0.379. The van der Waals surface area contributed by atoms with Crippen molar-refractivity contribution in [3.8, 4) is 0 Å². The fourth-order valence-electron chi connectivity index (χ4n) is 2.65. The van der Waals surface area contributed by atoms with E-state index in [1.807, 2.05) is 12.1 Å². The Hall–Kier alpha value is -1.11. The van der Waals surface area contributed by atoms with Crippen LogP contribution in [-0.2, 0) is 10.0 Å². The molecule has 0 saturated carbocycles. The molecule has 0 aliphatic carbocycles. The number of anilines is 1. The van der Waals surface area contributed by atoms with Crippen LogP contribution in [0.2, 0.25) is 0 Å². The number of hydrogen-bond acceptors (Lipinski definition) is 4. The van der Waals surface area contributed by atoms with Crippen molar-refractivity contribution in [3.63, 3.8) is 0 Å². The second kappa shape index (κ2) is 6.11. The van der Waals surface area contributed by atoms with Gasteiger partial charge in [0.25, 0.3) is 0 Å². The van der Waals surface area contributed by atoms with Crippen molar-refractivity contribution in [3.05, 3.63) is 24.3 Å². The lowest BCUT2D eigenvalue weighted by atomic mass is 10.0. The zero-order valence-corrected chi connectivity index (χ0v) is 12.9. The Labute approximate surface area is 121 Å². The number of piperazine rings is 1.